The van der Waals surface area contributed by atoms with E-state index in [4.69, 9.17) is 10.7 Å². The summed E-state index contributed by atoms with van der Waals surface area (Å²) >= 11 is 0. The molecule has 2 aromatic rings. The van der Waals surface area contributed by atoms with E-state index in [1.54, 1.807) is 0 Å². The second kappa shape index (κ2) is 5.48. The van der Waals surface area contributed by atoms with Crippen LogP contribution in [0.1, 0.15) is 39.1 Å². The van der Waals surface area contributed by atoms with E-state index in [1.165, 1.54) is 5.52 Å². The number of imidazole rings is 1. The first kappa shape index (κ1) is 13.0. The zero-order valence-corrected chi connectivity index (χ0v) is 11.4. The third kappa shape index (κ3) is 2.53. The molecule has 0 spiro atoms. The first-order valence-electron chi connectivity index (χ1n) is 6.64. The molecule has 0 radical (unpaired) electrons. The van der Waals surface area contributed by atoms with Gasteiger partial charge in [-0.25, -0.2) is 4.98 Å². The van der Waals surface area contributed by atoms with Crippen LogP contribution < -0.4 is 5.73 Å². The van der Waals surface area contributed by atoms with E-state index >= 15 is 0 Å². The minimum atomic E-state index is 0.417. The van der Waals surface area contributed by atoms with E-state index in [1.807, 2.05) is 18.5 Å². The number of hydrogen-bond donors (Lipinski definition) is 1. The molecule has 2 rings (SSSR count). The normalized spacial score (nSPS) is 13.4. The second-order valence-corrected chi connectivity index (χ2v) is 5.24. The SMILES string of the molecule is CC(CN)CCc1nc2cnccc2n1C(C)C. The van der Waals surface area contributed by atoms with Crippen molar-refractivity contribution in [1.29, 1.82) is 0 Å². The molecule has 1 atom stereocenters. The zero-order chi connectivity index (χ0) is 13.1. The van der Waals surface area contributed by atoms with Gasteiger partial charge in [0.2, 0.25) is 0 Å². The minimum Gasteiger partial charge on any atom is -0.330 e. The van der Waals surface area contributed by atoms with Gasteiger partial charge in [-0.15, -0.1) is 0 Å². The van der Waals surface area contributed by atoms with Crippen molar-refractivity contribution in [2.45, 2.75) is 39.7 Å². The van der Waals surface area contributed by atoms with Crippen molar-refractivity contribution >= 4 is 11.0 Å². The highest BCUT2D eigenvalue weighted by molar-refractivity contribution is 5.74. The Morgan fingerprint density at radius 2 is 2.11 bits per heavy atom. The number of fused-ring (bicyclic) bond motifs is 1. The van der Waals surface area contributed by atoms with Crippen LogP contribution in [-0.2, 0) is 6.42 Å². The van der Waals surface area contributed by atoms with Crippen LogP contribution in [-0.4, -0.2) is 21.1 Å². The maximum absolute atomic E-state index is 5.67. The molecular formula is C14H22N4. The van der Waals surface area contributed by atoms with Gasteiger partial charge in [0.25, 0.3) is 0 Å². The van der Waals surface area contributed by atoms with Gasteiger partial charge in [0.1, 0.15) is 11.3 Å². The van der Waals surface area contributed by atoms with E-state index in [9.17, 15) is 0 Å². The Balaban J connectivity index is 2.34. The lowest BCUT2D eigenvalue weighted by Gasteiger charge is -2.14. The van der Waals surface area contributed by atoms with Crippen molar-refractivity contribution in [1.82, 2.24) is 14.5 Å². The van der Waals surface area contributed by atoms with Crippen molar-refractivity contribution < 1.29 is 0 Å². The van der Waals surface area contributed by atoms with Crippen LogP contribution >= 0.6 is 0 Å². The monoisotopic (exact) mass is 246 g/mol. The van der Waals surface area contributed by atoms with E-state index < -0.39 is 0 Å². The molecule has 1 unspecified atom stereocenters. The third-order valence-electron chi connectivity index (χ3n) is 3.34. The summed E-state index contributed by atoms with van der Waals surface area (Å²) in [5.74, 6) is 1.69. The van der Waals surface area contributed by atoms with Crippen LogP contribution in [0.5, 0.6) is 0 Å². The van der Waals surface area contributed by atoms with Gasteiger partial charge in [-0.2, -0.15) is 0 Å². The van der Waals surface area contributed by atoms with Gasteiger partial charge < -0.3 is 10.3 Å². The highest BCUT2D eigenvalue weighted by Crippen LogP contribution is 2.21. The summed E-state index contributed by atoms with van der Waals surface area (Å²) in [5, 5.41) is 0. The predicted molar refractivity (Wildman–Crippen MR) is 74.5 cm³/mol. The van der Waals surface area contributed by atoms with Gasteiger partial charge in [0, 0.05) is 18.7 Å². The third-order valence-corrected chi connectivity index (χ3v) is 3.34. The minimum absolute atomic E-state index is 0.417. The van der Waals surface area contributed by atoms with Crippen molar-refractivity contribution in [2.24, 2.45) is 11.7 Å². The van der Waals surface area contributed by atoms with Gasteiger partial charge >= 0.3 is 0 Å². The average molecular weight is 246 g/mol. The van der Waals surface area contributed by atoms with Crippen LogP contribution in [0.3, 0.4) is 0 Å². The Morgan fingerprint density at radius 3 is 2.78 bits per heavy atom. The van der Waals surface area contributed by atoms with E-state index in [2.05, 4.69) is 30.3 Å². The van der Waals surface area contributed by atoms with Gasteiger partial charge in [-0.1, -0.05) is 6.92 Å². The van der Waals surface area contributed by atoms with Gasteiger partial charge in [-0.05, 0) is 38.8 Å². The molecule has 2 heterocycles. The van der Waals surface area contributed by atoms with Crippen molar-refractivity contribution in [3.05, 3.63) is 24.3 Å². The molecule has 4 heteroatoms. The molecule has 0 aromatic carbocycles. The molecule has 0 amide bonds. The lowest BCUT2D eigenvalue weighted by molar-refractivity contribution is 0.510. The van der Waals surface area contributed by atoms with Crippen molar-refractivity contribution in [3.63, 3.8) is 0 Å². The molecule has 18 heavy (non-hydrogen) atoms. The number of hydrogen-bond acceptors (Lipinski definition) is 3. The van der Waals surface area contributed by atoms with Crippen LogP contribution in [0.25, 0.3) is 11.0 Å². The number of nitrogens with zero attached hydrogens (tertiary/aromatic N) is 3. The van der Waals surface area contributed by atoms with Gasteiger partial charge in [0.15, 0.2) is 0 Å². The van der Waals surface area contributed by atoms with Crippen LogP contribution in [0.15, 0.2) is 18.5 Å². The van der Waals surface area contributed by atoms with Crippen LogP contribution in [0, 0.1) is 5.92 Å². The van der Waals surface area contributed by atoms with E-state index in [0.29, 0.717) is 12.0 Å². The number of pyridine rings is 1. The molecule has 0 aliphatic heterocycles. The largest absolute Gasteiger partial charge is 0.330 e. The molecule has 0 saturated heterocycles. The Morgan fingerprint density at radius 1 is 1.33 bits per heavy atom. The first-order chi connectivity index (χ1) is 8.63. The number of nitrogens with two attached hydrogens (primary N) is 1. The maximum Gasteiger partial charge on any atom is 0.110 e. The fourth-order valence-electron chi connectivity index (χ4n) is 2.25. The fraction of sp³-hybridized carbons (Fsp3) is 0.571. The van der Waals surface area contributed by atoms with Crippen molar-refractivity contribution in [2.75, 3.05) is 6.54 Å². The molecule has 0 bridgehead atoms. The summed E-state index contributed by atoms with van der Waals surface area (Å²) in [6.45, 7) is 7.31. The van der Waals surface area contributed by atoms with E-state index in [0.717, 1.165) is 30.7 Å². The Hall–Kier alpha value is -1.42. The number of aromatic nitrogens is 3. The lowest BCUT2D eigenvalue weighted by atomic mass is 10.1. The van der Waals surface area contributed by atoms with Gasteiger partial charge in [-0.3, -0.25) is 4.98 Å². The Kier molecular flexibility index (Phi) is 3.97. The smallest absolute Gasteiger partial charge is 0.110 e. The summed E-state index contributed by atoms with van der Waals surface area (Å²) in [5.41, 5.74) is 7.84. The summed E-state index contributed by atoms with van der Waals surface area (Å²) in [4.78, 5) is 8.84. The Bertz CT molecular complexity index is 515. The first-order valence-corrected chi connectivity index (χ1v) is 6.64. The standard InChI is InChI=1S/C14H22N4/c1-10(2)18-13-6-7-16-9-12(13)17-14(18)5-4-11(3)8-15/h6-7,9-11H,4-5,8,15H2,1-3H3. The molecule has 0 aliphatic carbocycles. The zero-order valence-electron chi connectivity index (χ0n) is 11.4. The van der Waals surface area contributed by atoms with E-state index in [-0.39, 0.29) is 0 Å². The summed E-state index contributed by atoms with van der Waals surface area (Å²) in [7, 11) is 0. The maximum atomic E-state index is 5.67. The molecular weight excluding hydrogens is 224 g/mol. The van der Waals surface area contributed by atoms with Crippen LogP contribution in [0.2, 0.25) is 0 Å². The molecule has 0 saturated carbocycles. The topological polar surface area (TPSA) is 56.7 Å². The summed E-state index contributed by atoms with van der Waals surface area (Å²) in [6.07, 6.45) is 5.73. The van der Waals surface area contributed by atoms with Gasteiger partial charge in [0.05, 0.1) is 11.7 Å². The average Bonchev–Trinajstić information content (AvgIpc) is 2.74. The molecule has 0 fully saturated rings. The Labute approximate surface area is 108 Å². The second-order valence-electron chi connectivity index (χ2n) is 5.24. The summed E-state index contributed by atoms with van der Waals surface area (Å²) in [6, 6.07) is 2.46. The molecule has 0 aliphatic rings. The summed E-state index contributed by atoms with van der Waals surface area (Å²) < 4.78 is 2.31. The highest BCUT2D eigenvalue weighted by atomic mass is 15.1. The fourth-order valence-corrected chi connectivity index (χ4v) is 2.25. The molecule has 2 aromatic heterocycles. The lowest BCUT2D eigenvalue weighted by Crippen LogP contribution is -2.13. The van der Waals surface area contributed by atoms with Crippen LogP contribution in [0.4, 0.5) is 0 Å². The quantitative estimate of drug-likeness (QED) is 0.882. The predicted octanol–water partition coefficient (Wildman–Crippen LogP) is 2.54. The highest BCUT2D eigenvalue weighted by Gasteiger charge is 2.13. The number of aryl methyl sites for hydroxylation is 1. The van der Waals surface area contributed by atoms with Crippen molar-refractivity contribution in [3.8, 4) is 0 Å². The molecule has 4 nitrogen and oxygen atoms in total. The molecule has 2 N–H and O–H groups in total. The number of rotatable bonds is 5. The molecule has 98 valence electrons.